The van der Waals surface area contributed by atoms with E-state index < -0.39 is 0 Å². The number of piperidine rings is 1. The number of hydrogen-bond acceptors (Lipinski definition) is 3. The number of nitrogens with zero attached hydrogens (tertiary/aromatic N) is 3. The largest absolute Gasteiger partial charge is 0.357 e. The highest BCUT2D eigenvalue weighted by atomic mass is 15.2. The highest BCUT2D eigenvalue weighted by Gasteiger charge is 2.20. The molecule has 0 aliphatic carbocycles. The molecule has 0 unspecified atom stereocenters. The van der Waals surface area contributed by atoms with Crippen molar-refractivity contribution in [2.75, 3.05) is 31.1 Å². The van der Waals surface area contributed by atoms with Crippen molar-refractivity contribution in [2.45, 2.75) is 46.1 Å². The van der Waals surface area contributed by atoms with Gasteiger partial charge in [0.1, 0.15) is 5.82 Å². The number of aliphatic imine (C=N–C) groups is 1. The maximum absolute atomic E-state index is 4.78. The van der Waals surface area contributed by atoms with Crippen molar-refractivity contribution < 1.29 is 0 Å². The number of aromatic nitrogens is 1. The topological polar surface area (TPSA) is 52.6 Å². The predicted molar refractivity (Wildman–Crippen MR) is 118 cm³/mol. The third kappa shape index (κ3) is 5.98. The van der Waals surface area contributed by atoms with Crippen molar-refractivity contribution in [1.82, 2.24) is 15.6 Å². The van der Waals surface area contributed by atoms with Crippen LogP contribution in [0.1, 0.15) is 36.5 Å². The molecule has 1 aliphatic rings. The molecule has 1 saturated heterocycles. The minimum Gasteiger partial charge on any atom is -0.357 e. The van der Waals surface area contributed by atoms with Gasteiger partial charge in [0, 0.05) is 38.4 Å². The van der Waals surface area contributed by atoms with Crippen LogP contribution < -0.4 is 15.5 Å². The number of anilines is 1. The van der Waals surface area contributed by atoms with Crippen LogP contribution in [-0.4, -0.2) is 43.2 Å². The van der Waals surface area contributed by atoms with Crippen LogP contribution in [0.5, 0.6) is 0 Å². The zero-order chi connectivity index (χ0) is 19.8. The molecule has 150 valence electrons. The molecule has 28 heavy (non-hydrogen) atoms. The Morgan fingerprint density at radius 1 is 1.07 bits per heavy atom. The molecule has 1 aromatic heterocycles. The zero-order valence-corrected chi connectivity index (χ0v) is 17.4. The van der Waals surface area contributed by atoms with Crippen LogP contribution in [0.4, 0.5) is 5.82 Å². The molecule has 1 aromatic carbocycles. The maximum atomic E-state index is 4.78. The third-order valence-corrected chi connectivity index (χ3v) is 5.19. The molecule has 3 rings (SSSR count). The molecule has 0 amide bonds. The average Bonchev–Trinajstić information content (AvgIpc) is 2.71. The van der Waals surface area contributed by atoms with Gasteiger partial charge >= 0.3 is 0 Å². The van der Waals surface area contributed by atoms with Gasteiger partial charge in [-0.25, -0.2) is 4.98 Å². The van der Waals surface area contributed by atoms with E-state index in [4.69, 9.17) is 4.99 Å². The number of hydrogen-bond donors (Lipinski definition) is 2. The molecule has 0 saturated carbocycles. The quantitative estimate of drug-likeness (QED) is 0.596. The number of benzene rings is 1. The van der Waals surface area contributed by atoms with Crippen LogP contribution in [0.3, 0.4) is 0 Å². The standard InChI is InChI=1S/C23H33N5/c1-4-24-23(25-14-11-20-8-5-18(2)6-9-20)27-21-12-15-28(16-13-21)22-10-7-19(3)17-26-22/h5-10,17,21H,4,11-16H2,1-3H3,(H2,24,25,27). The van der Waals surface area contributed by atoms with Crippen LogP contribution in [-0.2, 0) is 6.42 Å². The fourth-order valence-corrected chi connectivity index (χ4v) is 3.46. The summed E-state index contributed by atoms with van der Waals surface area (Å²) < 4.78 is 0. The summed E-state index contributed by atoms with van der Waals surface area (Å²) in [4.78, 5) is 11.7. The SMILES string of the molecule is CCNC(=NCCc1ccc(C)cc1)NC1CCN(c2ccc(C)cn2)CC1. The Bertz CT molecular complexity index is 744. The van der Waals surface area contributed by atoms with Crippen molar-refractivity contribution in [3.05, 3.63) is 59.3 Å². The lowest BCUT2D eigenvalue weighted by Gasteiger charge is -2.33. The van der Waals surface area contributed by atoms with E-state index in [0.29, 0.717) is 6.04 Å². The Labute approximate surface area is 169 Å². The molecule has 2 N–H and O–H groups in total. The average molecular weight is 380 g/mol. The molecule has 5 nitrogen and oxygen atoms in total. The van der Waals surface area contributed by atoms with Gasteiger partial charge in [-0.15, -0.1) is 0 Å². The Morgan fingerprint density at radius 2 is 1.79 bits per heavy atom. The number of pyridine rings is 1. The summed E-state index contributed by atoms with van der Waals surface area (Å²) in [7, 11) is 0. The van der Waals surface area contributed by atoms with Gasteiger partial charge in [-0.05, 0) is 57.2 Å². The van der Waals surface area contributed by atoms with Gasteiger partial charge < -0.3 is 15.5 Å². The van der Waals surface area contributed by atoms with E-state index in [2.05, 4.69) is 77.7 Å². The molecular formula is C23H33N5. The van der Waals surface area contributed by atoms with E-state index in [1.165, 1.54) is 16.7 Å². The lowest BCUT2D eigenvalue weighted by atomic mass is 10.1. The van der Waals surface area contributed by atoms with Crippen molar-refractivity contribution in [2.24, 2.45) is 4.99 Å². The van der Waals surface area contributed by atoms with E-state index in [9.17, 15) is 0 Å². The Balaban J connectivity index is 1.48. The predicted octanol–water partition coefficient (Wildman–Crippen LogP) is 3.47. The number of nitrogens with one attached hydrogen (secondary N) is 2. The number of rotatable bonds is 6. The van der Waals surface area contributed by atoms with Gasteiger partial charge in [0.2, 0.25) is 0 Å². The second-order valence-corrected chi connectivity index (χ2v) is 7.60. The molecule has 0 atom stereocenters. The van der Waals surface area contributed by atoms with Crippen LogP contribution in [0.2, 0.25) is 0 Å². The van der Waals surface area contributed by atoms with Crippen LogP contribution in [0.15, 0.2) is 47.6 Å². The molecule has 2 heterocycles. The first-order valence-corrected chi connectivity index (χ1v) is 10.4. The van der Waals surface area contributed by atoms with Crippen LogP contribution >= 0.6 is 0 Å². The summed E-state index contributed by atoms with van der Waals surface area (Å²) in [5.41, 5.74) is 3.84. The first kappa shape index (κ1) is 20.2. The van der Waals surface area contributed by atoms with E-state index in [0.717, 1.165) is 57.2 Å². The zero-order valence-electron chi connectivity index (χ0n) is 17.4. The smallest absolute Gasteiger partial charge is 0.191 e. The minimum absolute atomic E-state index is 0.457. The molecule has 0 radical (unpaired) electrons. The Kier molecular flexibility index (Phi) is 7.29. The highest BCUT2D eigenvalue weighted by Crippen LogP contribution is 2.18. The molecule has 1 fully saturated rings. The van der Waals surface area contributed by atoms with E-state index in [1.54, 1.807) is 0 Å². The molecule has 0 spiro atoms. The lowest BCUT2D eigenvalue weighted by Crippen LogP contribution is -2.49. The summed E-state index contributed by atoms with van der Waals surface area (Å²) in [6.45, 7) is 10.0. The van der Waals surface area contributed by atoms with Crippen molar-refractivity contribution >= 4 is 11.8 Å². The van der Waals surface area contributed by atoms with Crippen molar-refractivity contribution in [3.63, 3.8) is 0 Å². The summed E-state index contributed by atoms with van der Waals surface area (Å²) in [5, 5.41) is 7.01. The van der Waals surface area contributed by atoms with Crippen LogP contribution in [0.25, 0.3) is 0 Å². The van der Waals surface area contributed by atoms with Gasteiger partial charge in [0.15, 0.2) is 5.96 Å². The normalized spacial score (nSPS) is 15.5. The first-order chi connectivity index (χ1) is 13.6. The molecule has 2 aromatic rings. The number of aryl methyl sites for hydroxylation is 2. The van der Waals surface area contributed by atoms with E-state index in [-0.39, 0.29) is 0 Å². The second-order valence-electron chi connectivity index (χ2n) is 7.60. The molecule has 1 aliphatic heterocycles. The minimum atomic E-state index is 0.457. The van der Waals surface area contributed by atoms with Crippen molar-refractivity contribution in [1.29, 1.82) is 0 Å². The highest BCUT2D eigenvalue weighted by molar-refractivity contribution is 5.80. The summed E-state index contributed by atoms with van der Waals surface area (Å²) in [5.74, 6) is 2.02. The van der Waals surface area contributed by atoms with Crippen molar-refractivity contribution in [3.8, 4) is 0 Å². The first-order valence-electron chi connectivity index (χ1n) is 10.4. The second kappa shape index (κ2) is 10.1. The van der Waals surface area contributed by atoms with E-state index >= 15 is 0 Å². The van der Waals surface area contributed by atoms with E-state index in [1.807, 2.05) is 6.20 Å². The van der Waals surface area contributed by atoms with Gasteiger partial charge in [0.05, 0.1) is 0 Å². The molecule has 0 bridgehead atoms. The summed E-state index contributed by atoms with van der Waals surface area (Å²) >= 11 is 0. The molecule has 5 heteroatoms. The van der Waals surface area contributed by atoms with Gasteiger partial charge in [-0.3, -0.25) is 4.99 Å². The van der Waals surface area contributed by atoms with Gasteiger partial charge in [-0.2, -0.15) is 0 Å². The Hall–Kier alpha value is -2.56. The number of guanidine groups is 1. The summed E-state index contributed by atoms with van der Waals surface area (Å²) in [6.07, 6.45) is 5.11. The maximum Gasteiger partial charge on any atom is 0.191 e. The fraction of sp³-hybridized carbons (Fsp3) is 0.478. The molecular weight excluding hydrogens is 346 g/mol. The van der Waals surface area contributed by atoms with Crippen LogP contribution in [0, 0.1) is 13.8 Å². The fourth-order valence-electron chi connectivity index (χ4n) is 3.46. The van der Waals surface area contributed by atoms with Gasteiger partial charge in [-0.1, -0.05) is 35.9 Å². The third-order valence-electron chi connectivity index (χ3n) is 5.19. The lowest BCUT2D eigenvalue weighted by molar-refractivity contribution is 0.459. The monoisotopic (exact) mass is 379 g/mol. The van der Waals surface area contributed by atoms with Gasteiger partial charge in [0.25, 0.3) is 0 Å². The summed E-state index contributed by atoms with van der Waals surface area (Å²) in [6, 6.07) is 13.4. The Morgan fingerprint density at radius 3 is 2.43 bits per heavy atom.